The summed E-state index contributed by atoms with van der Waals surface area (Å²) < 4.78 is 0. The molecule has 28 heavy (non-hydrogen) atoms. The van der Waals surface area contributed by atoms with Crippen LogP contribution in [0, 0.1) is 6.92 Å². The summed E-state index contributed by atoms with van der Waals surface area (Å²) >= 11 is 0. The van der Waals surface area contributed by atoms with Gasteiger partial charge in [-0.15, -0.1) is 0 Å². The normalized spacial score (nSPS) is 17.5. The number of benzene rings is 1. The van der Waals surface area contributed by atoms with Gasteiger partial charge < -0.3 is 15.1 Å². The van der Waals surface area contributed by atoms with Crippen LogP contribution >= 0.6 is 0 Å². The Kier molecular flexibility index (Phi) is 5.74. The lowest BCUT2D eigenvalue weighted by Gasteiger charge is -2.20. The van der Waals surface area contributed by atoms with Crippen molar-refractivity contribution < 1.29 is 4.79 Å². The van der Waals surface area contributed by atoms with Crippen LogP contribution < -0.4 is 10.2 Å². The minimum absolute atomic E-state index is 0.0137. The average Bonchev–Trinajstić information content (AvgIpc) is 3.10. The number of hydrogen-bond acceptors (Lipinski definition) is 5. The topological polar surface area (TPSA) is 61.4 Å². The van der Waals surface area contributed by atoms with Gasteiger partial charge in [0.15, 0.2) is 0 Å². The van der Waals surface area contributed by atoms with E-state index in [1.165, 1.54) is 31.4 Å². The van der Waals surface area contributed by atoms with E-state index in [9.17, 15) is 4.79 Å². The minimum atomic E-state index is 0.0137. The molecule has 0 spiro atoms. The first-order valence-electron chi connectivity index (χ1n) is 10.5. The van der Waals surface area contributed by atoms with Gasteiger partial charge in [-0.3, -0.25) is 4.79 Å². The van der Waals surface area contributed by atoms with E-state index in [0.717, 1.165) is 50.4 Å². The molecule has 0 radical (unpaired) electrons. The Balaban J connectivity index is 1.48. The molecule has 6 heteroatoms. The quantitative estimate of drug-likeness (QED) is 0.865. The third-order valence-electron chi connectivity index (χ3n) is 5.56. The minimum Gasteiger partial charge on any atom is -0.372 e. The highest BCUT2D eigenvalue weighted by atomic mass is 16.2. The number of aryl methyl sites for hydroxylation is 1. The maximum absolute atomic E-state index is 12.9. The smallest absolute Gasteiger partial charge is 0.272 e. The number of hydrogen-bond donors (Lipinski definition) is 1. The van der Waals surface area contributed by atoms with Crippen LogP contribution in [-0.2, 0) is 0 Å². The predicted molar refractivity (Wildman–Crippen MR) is 112 cm³/mol. The number of nitrogens with zero attached hydrogens (tertiary/aromatic N) is 4. The lowest BCUT2D eigenvalue weighted by atomic mass is 10.2. The Morgan fingerprint density at radius 2 is 1.54 bits per heavy atom. The molecule has 0 aliphatic carbocycles. The van der Waals surface area contributed by atoms with Crippen molar-refractivity contribution in [3.05, 3.63) is 41.7 Å². The zero-order valence-electron chi connectivity index (χ0n) is 16.7. The van der Waals surface area contributed by atoms with Crippen molar-refractivity contribution in [2.45, 2.75) is 45.4 Å². The molecule has 4 rings (SSSR count). The maximum atomic E-state index is 12.9. The fraction of sp³-hybridized carbons (Fsp3) is 0.500. The highest BCUT2D eigenvalue weighted by Gasteiger charge is 2.20. The summed E-state index contributed by atoms with van der Waals surface area (Å²) in [6, 6.07) is 10.2. The zero-order chi connectivity index (χ0) is 19.3. The molecule has 1 aromatic carbocycles. The lowest BCUT2D eigenvalue weighted by Crippen LogP contribution is -2.32. The van der Waals surface area contributed by atoms with Gasteiger partial charge in [-0.25, -0.2) is 9.97 Å². The largest absolute Gasteiger partial charge is 0.372 e. The van der Waals surface area contributed by atoms with Crippen molar-refractivity contribution in [3.63, 3.8) is 0 Å². The molecule has 0 bridgehead atoms. The summed E-state index contributed by atoms with van der Waals surface area (Å²) in [6.07, 6.45) is 7.09. The molecule has 1 aromatic heterocycles. The second-order valence-corrected chi connectivity index (χ2v) is 7.79. The highest BCUT2D eigenvalue weighted by Crippen LogP contribution is 2.23. The summed E-state index contributed by atoms with van der Waals surface area (Å²) in [7, 11) is 0. The van der Waals surface area contributed by atoms with Crippen LogP contribution in [-0.4, -0.2) is 47.0 Å². The number of nitrogens with one attached hydrogen (secondary N) is 1. The summed E-state index contributed by atoms with van der Waals surface area (Å²) in [4.78, 5) is 26.2. The second-order valence-electron chi connectivity index (χ2n) is 7.79. The molecule has 3 heterocycles. The number of carbonyl (C=O) groups excluding carboxylic acids is 1. The van der Waals surface area contributed by atoms with Gasteiger partial charge in [0.2, 0.25) is 5.95 Å². The van der Waals surface area contributed by atoms with E-state index < -0.39 is 0 Å². The van der Waals surface area contributed by atoms with Gasteiger partial charge in [0.1, 0.15) is 5.69 Å². The van der Waals surface area contributed by atoms with Gasteiger partial charge in [-0.05, 0) is 62.9 Å². The van der Waals surface area contributed by atoms with E-state index in [1.54, 1.807) is 6.07 Å². The molecule has 1 N–H and O–H groups in total. The van der Waals surface area contributed by atoms with Crippen LogP contribution in [0.15, 0.2) is 30.3 Å². The van der Waals surface area contributed by atoms with Crippen molar-refractivity contribution in [1.82, 2.24) is 14.9 Å². The fourth-order valence-electron chi connectivity index (χ4n) is 4.03. The molecule has 2 aliphatic heterocycles. The van der Waals surface area contributed by atoms with Crippen LogP contribution in [0.5, 0.6) is 0 Å². The molecule has 0 atom stereocenters. The molecule has 0 saturated carbocycles. The molecule has 2 aromatic rings. The first kappa shape index (κ1) is 18.7. The fourth-order valence-corrected chi connectivity index (χ4v) is 4.03. The van der Waals surface area contributed by atoms with Crippen LogP contribution in [0.25, 0.3) is 0 Å². The number of aromatic nitrogens is 2. The van der Waals surface area contributed by atoms with E-state index in [1.807, 2.05) is 11.8 Å². The second kappa shape index (κ2) is 8.59. The van der Waals surface area contributed by atoms with Crippen molar-refractivity contribution in [1.29, 1.82) is 0 Å². The molecular weight excluding hydrogens is 350 g/mol. The van der Waals surface area contributed by atoms with Crippen LogP contribution in [0.4, 0.5) is 17.3 Å². The molecule has 2 saturated heterocycles. The monoisotopic (exact) mass is 379 g/mol. The first-order chi connectivity index (χ1) is 13.7. The molecule has 0 unspecified atom stereocenters. The standard InChI is InChI=1S/C22H29N5O/c1-17-16-20(21(28)27-14-4-2-3-5-15-27)25-22(23-17)24-18-8-10-19(11-9-18)26-12-6-7-13-26/h8-11,16H,2-7,12-15H2,1H3,(H,23,24,25). The van der Waals surface area contributed by atoms with Crippen molar-refractivity contribution in [2.75, 3.05) is 36.4 Å². The molecule has 2 aliphatic rings. The summed E-state index contributed by atoms with van der Waals surface area (Å²) in [5.74, 6) is 0.493. The Hall–Kier alpha value is -2.63. The van der Waals surface area contributed by atoms with Crippen molar-refractivity contribution in [2.24, 2.45) is 0 Å². The first-order valence-corrected chi connectivity index (χ1v) is 10.5. The van der Waals surface area contributed by atoms with Crippen molar-refractivity contribution >= 4 is 23.2 Å². The molecule has 1 amide bonds. The number of carbonyl (C=O) groups is 1. The Morgan fingerprint density at radius 1 is 0.893 bits per heavy atom. The highest BCUT2D eigenvalue weighted by molar-refractivity contribution is 5.92. The van der Waals surface area contributed by atoms with Gasteiger partial charge in [-0.1, -0.05) is 12.8 Å². The third-order valence-corrected chi connectivity index (χ3v) is 5.56. The number of anilines is 3. The maximum Gasteiger partial charge on any atom is 0.272 e. The van der Waals surface area contributed by atoms with Gasteiger partial charge in [-0.2, -0.15) is 0 Å². The number of likely N-dealkylation sites (tertiary alicyclic amines) is 1. The van der Waals surface area contributed by atoms with E-state index in [2.05, 4.69) is 44.5 Å². The van der Waals surface area contributed by atoms with Gasteiger partial charge >= 0.3 is 0 Å². The van der Waals surface area contributed by atoms with E-state index in [0.29, 0.717) is 11.6 Å². The molecule has 6 nitrogen and oxygen atoms in total. The number of rotatable bonds is 4. The van der Waals surface area contributed by atoms with Gasteiger partial charge in [0, 0.05) is 43.2 Å². The number of amides is 1. The lowest BCUT2D eigenvalue weighted by molar-refractivity contribution is 0.0755. The van der Waals surface area contributed by atoms with Crippen LogP contribution in [0.3, 0.4) is 0 Å². The Bertz CT molecular complexity index is 806. The van der Waals surface area contributed by atoms with E-state index in [4.69, 9.17) is 0 Å². The van der Waals surface area contributed by atoms with Crippen molar-refractivity contribution in [3.8, 4) is 0 Å². The van der Waals surface area contributed by atoms with E-state index in [-0.39, 0.29) is 5.91 Å². The summed E-state index contributed by atoms with van der Waals surface area (Å²) in [5, 5.41) is 3.26. The average molecular weight is 380 g/mol. The molecular formula is C22H29N5O. The third kappa shape index (κ3) is 4.43. The molecule has 148 valence electrons. The summed E-state index contributed by atoms with van der Waals surface area (Å²) in [5.41, 5.74) is 3.46. The summed E-state index contributed by atoms with van der Waals surface area (Å²) in [6.45, 7) is 5.82. The van der Waals surface area contributed by atoms with Gasteiger partial charge in [0.25, 0.3) is 5.91 Å². The van der Waals surface area contributed by atoms with Crippen LogP contribution in [0.1, 0.15) is 54.7 Å². The van der Waals surface area contributed by atoms with Crippen LogP contribution in [0.2, 0.25) is 0 Å². The predicted octanol–water partition coefficient (Wildman–Crippen LogP) is 4.15. The Labute approximate surface area is 167 Å². The Morgan fingerprint density at radius 3 is 2.21 bits per heavy atom. The molecule has 2 fully saturated rings. The zero-order valence-corrected chi connectivity index (χ0v) is 16.7. The SMILES string of the molecule is Cc1cc(C(=O)N2CCCCCC2)nc(Nc2ccc(N3CCCC3)cc2)n1. The van der Waals surface area contributed by atoms with Gasteiger partial charge in [0.05, 0.1) is 0 Å². The van der Waals surface area contributed by atoms with E-state index >= 15 is 0 Å².